The van der Waals surface area contributed by atoms with Gasteiger partial charge in [0.15, 0.2) is 0 Å². The van der Waals surface area contributed by atoms with E-state index in [0.717, 1.165) is 0 Å². The second-order valence-electron chi connectivity index (χ2n) is 6.30. The molecule has 2 nitrogen and oxygen atoms in total. The molecule has 0 bridgehead atoms. The van der Waals surface area contributed by atoms with Gasteiger partial charge in [-0.25, -0.2) is 0 Å². The maximum Gasteiger partial charge on any atom is 0.0309 e. The fraction of sp³-hybridized carbons (Fsp3) is 0.647. The van der Waals surface area contributed by atoms with Crippen LogP contribution in [0.4, 0.5) is 0 Å². The number of aryl methyl sites for hydroxylation is 3. The van der Waals surface area contributed by atoms with Crippen LogP contribution in [0.2, 0.25) is 0 Å². The summed E-state index contributed by atoms with van der Waals surface area (Å²) in [6, 6.07) is 6.84. The number of likely N-dealkylation sites (tertiary alicyclic amines) is 1. The van der Waals surface area contributed by atoms with Gasteiger partial charge in [0.05, 0.1) is 0 Å². The molecule has 1 unspecified atom stereocenters. The van der Waals surface area contributed by atoms with E-state index in [1.165, 1.54) is 55.5 Å². The smallest absolute Gasteiger partial charge is 0.0309 e. The van der Waals surface area contributed by atoms with Crippen LogP contribution in [0.5, 0.6) is 0 Å². The lowest BCUT2D eigenvalue weighted by molar-refractivity contribution is 0.143. The molecule has 1 N–H and O–H groups in total. The van der Waals surface area contributed by atoms with Crippen molar-refractivity contribution in [2.45, 2.75) is 45.1 Å². The number of piperidine rings is 1. The molecule has 1 saturated heterocycles. The van der Waals surface area contributed by atoms with E-state index >= 15 is 0 Å². The molecule has 1 atom stereocenters. The van der Waals surface area contributed by atoms with Gasteiger partial charge < -0.3 is 10.2 Å². The minimum atomic E-state index is 0.310. The Bertz CT molecular complexity index is 427. The Balaban J connectivity index is 2.03. The van der Waals surface area contributed by atoms with Gasteiger partial charge in [-0.2, -0.15) is 0 Å². The van der Waals surface area contributed by atoms with Crippen molar-refractivity contribution < 1.29 is 0 Å². The van der Waals surface area contributed by atoms with Crippen LogP contribution in [0.15, 0.2) is 18.2 Å². The van der Waals surface area contributed by atoms with Gasteiger partial charge in [-0.05, 0) is 71.3 Å². The van der Waals surface area contributed by atoms with Crippen molar-refractivity contribution in [1.29, 1.82) is 0 Å². The fourth-order valence-corrected chi connectivity index (χ4v) is 3.40. The van der Waals surface area contributed by atoms with Crippen molar-refractivity contribution in [3.63, 3.8) is 0 Å². The average Bonchev–Trinajstić information content (AvgIpc) is 2.38. The lowest BCUT2D eigenvalue weighted by Crippen LogP contribution is -2.55. The van der Waals surface area contributed by atoms with Crippen LogP contribution < -0.4 is 5.32 Å². The molecule has 1 aliphatic heterocycles. The van der Waals surface area contributed by atoms with Gasteiger partial charge in [0.2, 0.25) is 0 Å². The summed E-state index contributed by atoms with van der Waals surface area (Å²) in [5.41, 5.74) is 4.62. The first-order chi connectivity index (χ1) is 9.04. The first-order valence-corrected chi connectivity index (χ1v) is 7.48. The number of benzene rings is 1. The number of nitrogens with zero attached hydrogens (tertiary/aromatic N) is 1. The van der Waals surface area contributed by atoms with E-state index in [2.05, 4.69) is 56.4 Å². The minimum Gasteiger partial charge on any atom is -0.313 e. The Kier molecular flexibility index (Phi) is 4.64. The molecule has 1 fully saturated rings. The molecule has 1 aromatic carbocycles. The Morgan fingerprint density at radius 1 is 1.32 bits per heavy atom. The zero-order valence-electron chi connectivity index (χ0n) is 12.9. The van der Waals surface area contributed by atoms with E-state index in [9.17, 15) is 0 Å². The zero-order valence-corrected chi connectivity index (χ0v) is 12.9. The summed E-state index contributed by atoms with van der Waals surface area (Å²) in [7, 11) is 4.36. The summed E-state index contributed by atoms with van der Waals surface area (Å²) in [5, 5.41) is 3.61. The number of hydrogen-bond donors (Lipinski definition) is 1. The summed E-state index contributed by atoms with van der Waals surface area (Å²) in [6.07, 6.45) is 5.03. The molecule has 0 aliphatic carbocycles. The Labute approximate surface area is 118 Å². The van der Waals surface area contributed by atoms with Crippen molar-refractivity contribution >= 4 is 0 Å². The van der Waals surface area contributed by atoms with E-state index in [1.54, 1.807) is 0 Å². The van der Waals surface area contributed by atoms with E-state index < -0.39 is 0 Å². The summed E-state index contributed by atoms with van der Waals surface area (Å²) in [4.78, 5) is 2.46. The number of hydrogen-bond acceptors (Lipinski definition) is 2. The van der Waals surface area contributed by atoms with Gasteiger partial charge in [0, 0.05) is 12.1 Å². The van der Waals surface area contributed by atoms with Crippen molar-refractivity contribution in [3.8, 4) is 0 Å². The van der Waals surface area contributed by atoms with Crippen molar-refractivity contribution in [2.75, 3.05) is 27.2 Å². The van der Waals surface area contributed by atoms with Crippen LogP contribution in [0.25, 0.3) is 0 Å². The fourth-order valence-electron chi connectivity index (χ4n) is 3.40. The van der Waals surface area contributed by atoms with E-state index in [-0.39, 0.29) is 0 Å². The Morgan fingerprint density at radius 2 is 2.11 bits per heavy atom. The highest BCUT2D eigenvalue weighted by Crippen LogP contribution is 2.26. The van der Waals surface area contributed by atoms with Crippen LogP contribution in [0.3, 0.4) is 0 Å². The quantitative estimate of drug-likeness (QED) is 0.895. The average molecular weight is 260 g/mol. The van der Waals surface area contributed by atoms with Crippen molar-refractivity contribution in [3.05, 3.63) is 34.9 Å². The highest BCUT2D eigenvalue weighted by atomic mass is 15.2. The molecular weight excluding hydrogens is 232 g/mol. The van der Waals surface area contributed by atoms with Crippen molar-refractivity contribution in [1.82, 2.24) is 10.2 Å². The second-order valence-corrected chi connectivity index (χ2v) is 6.30. The third-order valence-corrected chi connectivity index (χ3v) is 4.67. The molecule has 0 saturated carbocycles. The summed E-state index contributed by atoms with van der Waals surface area (Å²) >= 11 is 0. The van der Waals surface area contributed by atoms with Crippen LogP contribution in [-0.2, 0) is 6.42 Å². The van der Waals surface area contributed by atoms with Crippen LogP contribution in [0.1, 0.15) is 36.0 Å². The monoisotopic (exact) mass is 260 g/mol. The minimum absolute atomic E-state index is 0.310. The van der Waals surface area contributed by atoms with E-state index in [1.807, 2.05) is 0 Å². The number of likely N-dealkylation sites (N-methyl/N-ethyl adjacent to an activating group) is 2. The molecule has 1 aliphatic rings. The standard InChI is InChI=1S/C17H28N2/c1-14-6-7-16(15(2)12-14)8-10-17(18-3)9-5-11-19(4)13-17/h6-7,12,18H,5,8-11,13H2,1-4H3. The molecular formula is C17H28N2. The Hall–Kier alpha value is -0.860. The SMILES string of the molecule is CNC1(CCc2ccc(C)cc2C)CCCN(C)C1. The lowest BCUT2D eigenvalue weighted by atomic mass is 9.83. The van der Waals surface area contributed by atoms with Gasteiger partial charge in [-0.1, -0.05) is 23.8 Å². The summed E-state index contributed by atoms with van der Waals surface area (Å²) in [6.45, 7) is 6.82. The summed E-state index contributed by atoms with van der Waals surface area (Å²) in [5.74, 6) is 0. The van der Waals surface area contributed by atoms with Crippen LogP contribution >= 0.6 is 0 Å². The third kappa shape index (κ3) is 3.58. The third-order valence-electron chi connectivity index (χ3n) is 4.67. The van der Waals surface area contributed by atoms with Crippen LogP contribution in [-0.4, -0.2) is 37.6 Å². The zero-order chi connectivity index (χ0) is 13.9. The molecule has 2 heteroatoms. The van der Waals surface area contributed by atoms with Gasteiger partial charge in [-0.15, -0.1) is 0 Å². The van der Waals surface area contributed by atoms with Crippen molar-refractivity contribution in [2.24, 2.45) is 0 Å². The normalized spacial score (nSPS) is 24.6. The molecule has 0 aromatic heterocycles. The first kappa shape index (κ1) is 14.5. The van der Waals surface area contributed by atoms with Gasteiger partial charge in [-0.3, -0.25) is 0 Å². The van der Waals surface area contributed by atoms with Gasteiger partial charge >= 0.3 is 0 Å². The predicted molar refractivity (Wildman–Crippen MR) is 82.8 cm³/mol. The maximum absolute atomic E-state index is 3.61. The molecule has 0 amide bonds. The van der Waals surface area contributed by atoms with Gasteiger partial charge in [0.1, 0.15) is 0 Å². The van der Waals surface area contributed by atoms with E-state index in [4.69, 9.17) is 0 Å². The highest BCUT2D eigenvalue weighted by Gasteiger charge is 2.32. The topological polar surface area (TPSA) is 15.3 Å². The van der Waals surface area contributed by atoms with Crippen LogP contribution in [0, 0.1) is 13.8 Å². The first-order valence-electron chi connectivity index (χ1n) is 7.48. The molecule has 1 heterocycles. The maximum atomic E-state index is 3.61. The van der Waals surface area contributed by atoms with Gasteiger partial charge in [0.25, 0.3) is 0 Å². The number of nitrogens with one attached hydrogen (secondary N) is 1. The Morgan fingerprint density at radius 3 is 2.74 bits per heavy atom. The molecule has 0 radical (unpaired) electrons. The predicted octanol–water partition coefficient (Wildman–Crippen LogP) is 2.92. The highest BCUT2D eigenvalue weighted by molar-refractivity contribution is 5.30. The molecule has 106 valence electrons. The molecule has 2 rings (SSSR count). The molecule has 19 heavy (non-hydrogen) atoms. The molecule has 0 spiro atoms. The van der Waals surface area contributed by atoms with E-state index in [0.29, 0.717) is 5.54 Å². The lowest BCUT2D eigenvalue weighted by Gasteiger charge is -2.42. The molecule has 1 aromatic rings. The number of rotatable bonds is 4. The summed E-state index contributed by atoms with van der Waals surface area (Å²) < 4.78 is 0. The second kappa shape index (κ2) is 6.06. The largest absolute Gasteiger partial charge is 0.313 e.